The van der Waals surface area contributed by atoms with Crippen LogP contribution in [0, 0.1) is 11.6 Å². The van der Waals surface area contributed by atoms with Gasteiger partial charge in [0.25, 0.3) is 10.0 Å². The molecule has 0 amide bonds. The molecule has 1 aromatic heterocycles. The van der Waals surface area contributed by atoms with Crippen molar-refractivity contribution in [3.05, 3.63) is 96.8 Å². The lowest BCUT2D eigenvalue weighted by molar-refractivity contribution is 0.173. The summed E-state index contributed by atoms with van der Waals surface area (Å²) < 4.78 is 69.5. The van der Waals surface area contributed by atoms with Gasteiger partial charge in [-0.3, -0.25) is 0 Å². The van der Waals surface area contributed by atoms with Gasteiger partial charge in [0.15, 0.2) is 0 Å². The molecule has 2 heterocycles. The van der Waals surface area contributed by atoms with Crippen LogP contribution in [-0.4, -0.2) is 25.1 Å². The van der Waals surface area contributed by atoms with Crippen molar-refractivity contribution in [2.24, 2.45) is 0 Å². The van der Waals surface area contributed by atoms with Crippen molar-refractivity contribution in [2.75, 3.05) is 0 Å². The average Bonchev–Trinajstić information content (AvgIpc) is 3.30. The Balaban J connectivity index is 1.76. The molecular formula is C25H20BF2NO4S. The second-order valence-electron chi connectivity index (χ2n) is 8.53. The number of fused-ring (bicyclic) bond motifs is 1. The van der Waals surface area contributed by atoms with Crippen molar-refractivity contribution >= 4 is 33.5 Å². The number of halogens is 2. The summed E-state index contributed by atoms with van der Waals surface area (Å²) in [6, 6.07) is 17.5. The highest BCUT2D eigenvalue weighted by Crippen LogP contribution is 2.35. The van der Waals surface area contributed by atoms with Gasteiger partial charge in [-0.1, -0.05) is 43.0 Å². The average molecular weight is 479 g/mol. The summed E-state index contributed by atoms with van der Waals surface area (Å²) in [6.45, 7) is 7.53. The lowest BCUT2D eigenvalue weighted by Gasteiger charge is -2.15. The largest absolute Gasteiger partial charge is 0.563 e. The van der Waals surface area contributed by atoms with Crippen LogP contribution in [-0.2, 0) is 19.3 Å². The maximum Gasteiger partial charge on any atom is 0.563 e. The normalized spacial score (nSPS) is 15.6. The molecule has 1 aliphatic heterocycles. The lowest BCUT2D eigenvalue weighted by atomic mass is 9.79. The molecule has 9 heteroatoms. The molecule has 0 saturated carbocycles. The molecule has 0 N–H and O–H groups in total. The predicted octanol–water partition coefficient (Wildman–Crippen LogP) is 4.86. The van der Waals surface area contributed by atoms with Crippen LogP contribution in [0.2, 0.25) is 0 Å². The monoisotopic (exact) mass is 479 g/mol. The van der Waals surface area contributed by atoms with Gasteiger partial charge in [-0.2, -0.15) is 0 Å². The molecular weight excluding hydrogens is 459 g/mol. The van der Waals surface area contributed by atoms with E-state index >= 15 is 0 Å². The summed E-state index contributed by atoms with van der Waals surface area (Å²) >= 11 is 0. The fraction of sp³-hybridized carbons (Fsp3) is 0.120. The van der Waals surface area contributed by atoms with Crippen molar-refractivity contribution in [1.29, 1.82) is 0 Å². The van der Waals surface area contributed by atoms with E-state index in [-0.39, 0.29) is 16.1 Å². The first-order valence-electron chi connectivity index (χ1n) is 10.5. The van der Waals surface area contributed by atoms with Crippen LogP contribution >= 0.6 is 0 Å². The van der Waals surface area contributed by atoms with E-state index in [9.17, 15) is 17.2 Å². The van der Waals surface area contributed by atoms with Crippen LogP contribution in [0.25, 0.3) is 22.2 Å². The Hall–Kier alpha value is -3.43. The number of hydrogen-bond acceptors (Lipinski definition) is 4. The Morgan fingerprint density at radius 3 is 2.24 bits per heavy atom. The van der Waals surface area contributed by atoms with Crippen LogP contribution in [0.5, 0.6) is 0 Å². The summed E-state index contributed by atoms with van der Waals surface area (Å²) in [5, 5.41) is 0.456. The fourth-order valence-corrected chi connectivity index (χ4v) is 5.53. The highest BCUT2D eigenvalue weighted by molar-refractivity contribution is 7.90. The van der Waals surface area contributed by atoms with Crippen LogP contribution in [0.4, 0.5) is 8.78 Å². The molecule has 1 saturated heterocycles. The summed E-state index contributed by atoms with van der Waals surface area (Å²) in [4.78, 5) is -0.00455. The predicted molar refractivity (Wildman–Crippen MR) is 127 cm³/mol. The zero-order valence-corrected chi connectivity index (χ0v) is 19.3. The molecule has 0 radical (unpaired) electrons. The van der Waals surface area contributed by atoms with Crippen molar-refractivity contribution in [3.8, 4) is 11.3 Å². The topological polar surface area (TPSA) is 57.5 Å². The zero-order valence-electron chi connectivity index (χ0n) is 18.5. The van der Waals surface area contributed by atoms with E-state index in [2.05, 4.69) is 6.58 Å². The van der Waals surface area contributed by atoms with E-state index in [1.807, 2.05) is 13.8 Å². The van der Waals surface area contributed by atoms with Gasteiger partial charge in [-0.25, -0.2) is 21.2 Å². The fourth-order valence-electron chi connectivity index (χ4n) is 3.99. The quantitative estimate of drug-likeness (QED) is 0.393. The van der Waals surface area contributed by atoms with Crippen LogP contribution in [0.1, 0.15) is 13.8 Å². The minimum absolute atomic E-state index is 0.00455. The van der Waals surface area contributed by atoms with Gasteiger partial charge in [-0.15, -0.1) is 0 Å². The van der Waals surface area contributed by atoms with E-state index < -0.39 is 39.9 Å². The maximum absolute atomic E-state index is 14.8. The SMILES string of the molecule is C=C1OB(c2ccc3c(c2)cc(-c2c(F)cccc2F)n3S(=O)(=O)c2ccccc2)OC1(C)C. The van der Waals surface area contributed by atoms with Gasteiger partial charge in [0, 0.05) is 5.39 Å². The standard InChI is InChI=1S/C25H20BF2NO4S/c1-16-25(2,3)33-26(32-16)18-12-13-22-17(14-18)15-23(24-20(27)10-7-11-21(24)28)29(22)34(30,31)19-8-5-4-6-9-19/h4-15H,1H2,2-3H3. The number of nitrogens with zero attached hydrogens (tertiary/aromatic N) is 1. The Bertz CT molecular complexity index is 1530. The Morgan fingerprint density at radius 2 is 1.62 bits per heavy atom. The smallest absolute Gasteiger partial charge is 0.534 e. The molecule has 0 unspecified atom stereocenters. The minimum Gasteiger partial charge on any atom is -0.534 e. The lowest BCUT2D eigenvalue weighted by Crippen LogP contribution is -2.34. The molecule has 1 aliphatic rings. The molecule has 0 spiro atoms. The van der Waals surface area contributed by atoms with Crippen molar-refractivity contribution in [1.82, 2.24) is 3.97 Å². The second kappa shape index (κ2) is 7.82. The second-order valence-corrected chi connectivity index (χ2v) is 10.3. The van der Waals surface area contributed by atoms with Gasteiger partial charge >= 0.3 is 7.12 Å². The maximum atomic E-state index is 14.8. The molecule has 4 aromatic rings. The van der Waals surface area contributed by atoms with Crippen molar-refractivity contribution in [3.63, 3.8) is 0 Å². The molecule has 3 aromatic carbocycles. The number of rotatable bonds is 4. The molecule has 34 heavy (non-hydrogen) atoms. The minimum atomic E-state index is -4.19. The Labute approximate surface area is 196 Å². The van der Waals surface area contributed by atoms with E-state index in [1.54, 1.807) is 36.4 Å². The molecule has 0 bridgehead atoms. The van der Waals surface area contributed by atoms with Gasteiger partial charge < -0.3 is 9.31 Å². The van der Waals surface area contributed by atoms with E-state index in [4.69, 9.17) is 9.31 Å². The third-order valence-electron chi connectivity index (χ3n) is 5.88. The van der Waals surface area contributed by atoms with E-state index in [1.165, 1.54) is 24.3 Å². The summed E-state index contributed by atoms with van der Waals surface area (Å²) in [5.74, 6) is -1.27. The zero-order chi connectivity index (χ0) is 24.3. The molecule has 5 rings (SSSR count). The summed E-state index contributed by atoms with van der Waals surface area (Å²) in [5.41, 5.74) is -0.355. The molecule has 5 nitrogen and oxygen atoms in total. The third kappa shape index (κ3) is 3.52. The van der Waals surface area contributed by atoms with E-state index in [0.29, 0.717) is 16.6 Å². The van der Waals surface area contributed by atoms with Gasteiger partial charge in [0.1, 0.15) is 17.2 Å². The van der Waals surface area contributed by atoms with Crippen molar-refractivity contribution < 1.29 is 26.5 Å². The number of benzene rings is 3. The first-order valence-corrected chi connectivity index (χ1v) is 12.0. The highest BCUT2D eigenvalue weighted by atomic mass is 32.2. The number of aromatic nitrogens is 1. The molecule has 0 aliphatic carbocycles. The molecule has 172 valence electrons. The number of hydrogen-bond donors (Lipinski definition) is 0. The van der Waals surface area contributed by atoms with Gasteiger partial charge in [-0.05, 0) is 55.7 Å². The van der Waals surface area contributed by atoms with Crippen LogP contribution < -0.4 is 5.46 Å². The van der Waals surface area contributed by atoms with Crippen molar-refractivity contribution in [2.45, 2.75) is 24.3 Å². The Morgan fingerprint density at radius 1 is 0.941 bits per heavy atom. The van der Waals surface area contributed by atoms with Crippen LogP contribution in [0.3, 0.4) is 0 Å². The van der Waals surface area contributed by atoms with Gasteiger partial charge in [0.2, 0.25) is 0 Å². The first-order chi connectivity index (χ1) is 16.1. The molecule has 0 atom stereocenters. The van der Waals surface area contributed by atoms with E-state index in [0.717, 1.165) is 16.1 Å². The summed E-state index contributed by atoms with van der Waals surface area (Å²) in [6.07, 6.45) is 0. The molecule has 1 fully saturated rings. The van der Waals surface area contributed by atoms with Crippen LogP contribution in [0.15, 0.2) is 90.0 Å². The highest BCUT2D eigenvalue weighted by Gasteiger charge is 2.43. The third-order valence-corrected chi connectivity index (χ3v) is 7.62. The summed E-state index contributed by atoms with van der Waals surface area (Å²) in [7, 11) is -4.93. The first kappa shape index (κ1) is 22.4. The van der Waals surface area contributed by atoms with Gasteiger partial charge in [0.05, 0.1) is 27.4 Å². The Kier molecular flexibility index (Phi) is 5.14.